The van der Waals surface area contributed by atoms with Crippen molar-refractivity contribution in [1.29, 1.82) is 0 Å². The van der Waals surface area contributed by atoms with Crippen molar-refractivity contribution in [2.75, 3.05) is 5.32 Å². The van der Waals surface area contributed by atoms with Crippen LogP contribution in [-0.2, 0) is 0 Å². The van der Waals surface area contributed by atoms with Crippen LogP contribution in [0.5, 0.6) is 0 Å². The first-order chi connectivity index (χ1) is 11.1. The number of aryl methyl sites for hydroxylation is 2. The van der Waals surface area contributed by atoms with Gasteiger partial charge in [0.25, 0.3) is 0 Å². The van der Waals surface area contributed by atoms with Crippen molar-refractivity contribution in [3.8, 4) is 0 Å². The molecule has 1 heterocycles. The first kappa shape index (κ1) is 15.1. The molecule has 2 aromatic rings. The Morgan fingerprint density at radius 2 is 1.78 bits per heavy atom. The lowest BCUT2D eigenvalue weighted by Crippen LogP contribution is -2.30. The van der Waals surface area contributed by atoms with E-state index in [1.165, 1.54) is 27.9 Å². The minimum Gasteiger partial charge on any atom is -0.377 e. The predicted octanol–water partition coefficient (Wildman–Crippen LogP) is 6.44. The molecule has 4 rings (SSSR count). The molecule has 1 aliphatic carbocycles. The van der Waals surface area contributed by atoms with Gasteiger partial charge >= 0.3 is 0 Å². The molecule has 2 aromatic carbocycles. The van der Waals surface area contributed by atoms with E-state index < -0.39 is 0 Å². The average Bonchev–Trinajstić information content (AvgIpc) is 3.02. The summed E-state index contributed by atoms with van der Waals surface area (Å²) in [5.74, 6) is 1.01. The van der Waals surface area contributed by atoms with Gasteiger partial charge in [-0.1, -0.05) is 53.6 Å². The largest absolute Gasteiger partial charge is 0.377 e. The zero-order valence-corrected chi connectivity index (χ0v) is 14.7. The molecule has 1 nitrogen and oxygen atoms in total. The standard InChI is InChI=1S/C20H19Cl2N/c1-11-6-7-12(2)19-18(11)14-4-3-5-15(14)20(23-19)13-8-9-16(21)17(22)10-13/h3-4,6-10,14-15,20,23H,5H2,1-2H3/t14-,15+,20+/m1/s1. The van der Waals surface area contributed by atoms with E-state index in [9.17, 15) is 0 Å². The van der Waals surface area contributed by atoms with E-state index >= 15 is 0 Å². The van der Waals surface area contributed by atoms with E-state index in [1.54, 1.807) is 0 Å². The summed E-state index contributed by atoms with van der Waals surface area (Å²) in [6.07, 6.45) is 5.79. The van der Waals surface area contributed by atoms with Gasteiger partial charge < -0.3 is 5.32 Å². The van der Waals surface area contributed by atoms with Crippen molar-refractivity contribution in [1.82, 2.24) is 0 Å². The van der Waals surface area contributed by atoms with Crippen LogP contribution in [0.2, 0.25) is 10.0 Å². The number of halogens is 2. The van der Waals surface area contributed by atoms with Gasteiger partial charge in [-0.05, 0) is 60.6 Å². The van der Waals surface area contributed by atoms with Crippen molar-refractivity contribution in [3.05, 3.63) is 74.8 Å². The molecule has 0 fully saturated rings. The summed E-state index contributed by atoms with van der Waals surface area (Å²) in [6.45, 7) is 4.39. The molecule has 3 atom stereocenters. The van der Waals surface area contributed by atoms with E-state index in [-0.39, 0.29) is 6.04 Å². The van der Waals surface area contributed by atoms with Gasteiger partial charge in [0.05, 0.1) is 16.1 Å². The molecule has 3 heteroatoms. The number of allylic oxidation sites excluding steroid dienone is 2. The molecule has 1 N–H and O–H groups in total. The molecule has 118 valence electrons. The molecule has 0 unspecified atom stereocenters. The molecule has 0 saturated carbocycles. The summed E-state index contributed by atoms with van der Waals surface area (Å²) in [7, 11) is 0. The maximum absolute atomic E-state index is 6.26. The minimum absolute atomic E-state index is 0.262. The second-order valence-corrected chi connectivity index (χ2v) is 7.45. The molecule has 0 radical (unpaired) electrons. The van der Waals surface area contributed by atoms with Crippen LogP contribution in [0.3, 0.4) is 0 Å². The van der Waals surface area contributed by atoms with Crippen LogP contribution in [0.15, 0.2) is 42.5 Å². The predicted molar refractivity (Wildman–Crippen MR) is 98.7 cm³/mol. The number of benzene rings is 2. The second-order valence-electron chi connectivity index (χ2n) is 6.64. The number of nitrogens with one attached hydrogen (secondary N) is 1. The lowest BCUT2D eigenvalue weighted by atomic mass is 9.75. The lowest BCUT2D eigenvalue weighted by Gasteiger charge is -2.39. The fourth-order valence-corrected chi connectivity index (χ4v) is 4.38. The van der Waals surface area contributed by atoms with Gasteiger partial charge in [-0.2, -0.15) is 0 Å². The SMILES string of the molecule is Cc1ccc(C)c2c1N[C@@H](c1ccc(Cl)c(Cl)c1)[C@H]1CC=C[C@@H]21. The van der Waals surface area contributed by atoms with Crippen molar-refractivity contribution in [3.63, 3.8) is 0 Å². The van der Waals surface area contributed by atoms with Crippen LogP contribution in [-0.4, -0.2) is 0 Å². The first-order valence-electron chi connectivity index (χ1n) is 8.04. The van der Waals surface area contributed by atoms with E-state index in [0.29, 0.717) is 21.9 Å². The van der Waals surface area contributed by atoms with Gasteiger partial charge in [0.1, 0.15) is 0 Å². The summed E-state index contributed by atoms with van der Waals surface area (Å²) >= 11 is 12.4. The molecular weight excluding hydrogens is 325 g/mol. The fourth-order valence-electron chi connectivity index (χ4n) is 4.08. The maximum Gasteiger partial charge on any atom is 0.0595 e. The highest BCUT2D eigenvalue weighted by atomic mass is 35.5. The molecule has 0 aromatic heterocycles. The number of rotatable bonds is 1. The van der Waals surface area contributed by atoms with Crippen LogP contribution in [0.4, 0.5) is 5.69 Å². The summed E-state index contributed by atoms with van der Waals surface area (Å²) in [4.78, 5) is 0. The number of hydrogen-bond donors (Lipinski definition) is 1. The van der Waals surface area contributed by atoms with E-state index in [4.69, 9.17) is 23.2 Å². The Hall–Kier alpha value is -1.44. The number of hydrogen-bond acceptors (Lipinski definition) is 1. The van der Waals surface area contributed by atoms with Gasteiger partial charge in [0.2, 0.25) is 0 Å². The number of fused-ring (bicyclic) bond motifs is 3. The zero-order valence-electron chi connectivity index (χ0n) is 13.2. The van der Waals surface area contributed by atoms with Crippen LogP contribution < -0.4 is 5.32 Å². The quantitative estimate of drug-likeness (QED) is 0.587. The zero-order chi connectivity index (χ0) is 16.1. The Kier molecular flexibility index (Phi) is 3.66. The topological polar surface area (TPSA) is 12.0 Å². The van der Waals surface area contributed by atoms with Crippen LogP contribution in [0.25, 0.3) is 0 Å². The third kappa shape index (κ3) is 2.38. The van der Waals surface area contributed by atoms with E-state index in [1.807, 2.05) is 12.1 Å². The Morgan fingerprint density at radius 3 is 2.57 bits per heavy atom. The van der Waals surface area contributed by atoms with Crippen molar-refractivity contribution in [2.24, 2.45) is 5.92 Å². The summed E-state index contributed by atoms with van der Waals surface area (Å²) in [5.41, 5.74) is 6.63. The van der Waals surface area contributed by atoms with Gasteiger partial charge in [0.15, 0.2) is 0 Å². The third-order valence-electron chi connectivity index (χ3n) is 5.25. The van der Waals surface area contributed by atoms with Crippen LogP contribution >= 0.6 is 23.2 Å². The highest BCUT2D eigenvalue weighted by Crippen LogP contribution is 2.51. The second kappa shape index (κ2) is 5.58. The minimum atomic E-state index is 0.262. The van der Waals surface area contributed by atoms with Gasteiger partial charge in [-0.25, -0.2) is 0 Å². The van der Waals surface area contributed by atoms with Crippen molar-refractivity contribution in [2.45, 2.75) is 32.2 Å². The van der Waals surface area contributed by atoms with Gasteiger partial charge in [-0.3, -0.25) is 0 Å². The molecule has 0 saturated heterocycles. The summed E-state index contributed by atoms with van der Waals surface area (Å²) < 4.78 is 0. The molecular formula is C20H19Cl2N. The van der Waals surface area contributed by atoms with E-state index in [0.717, 1.165) is 6.42 Å². The van der Waals surface area contributed by atoms with Gasteiger partial charge in [-0.15, -0.1) is 0 Å². The molecule has 0 amide bonds. The monoisotopic (exact) mass is 343 g/mol. The first-order valence-corrected chi connectivity index (χ1v) is 8.80. The Balaban J connectivity index is 1.84. The average molecular weight is 344 g/mol. The maximum atomic E-state index is 6.26. The third-order valence-corrected chi connectivity index (χ3v) is 5.99. The molecule has 0 bridgehead atoms. The molecule has 2 aliphatic rings. The van der Waals surface area contributed by atoms with Crippen molar-refractivity contribution >= 4 is 28.9 Å². The highest BCUT2D eigenvalue weighted by Gasteiger charge is 2.39. The summed E-state index contributed by atoms with van der Waals surface area (Å²) in [5, 5.41) is 5.03. The summed E-state index contributed by atoms with van der Waals surface area (Å²) in [6, 6.07) is 10.7. The lowest BCUT2D eigenvalue weighted by molar-refractivity contribution is 0.424. The fraction of sp³-hybridized carbons (Fsp3) is 0.300. The van der Waals surface area contributed by atoms with Crippen molar-refractivity contribution < 1.29 is 0 Å². The molecule has 23 heavy (non-hydrogen) atoms. The van der Waals surface area contributed by atoms with E-state index in [2.05, 4.69) is 49.5 Å². The Bertz CT molecular complexity index is 810. The normalized spacial score (nSPS) is 25.0. The number of anilines is 1. The smallest absolute Gasteiger partial charge is 0.0595 e. The van der Waals surface area contributed by atoms with Crippen LogP contribution in [0.1, 0.15) is 40.6 Å². The highest BCUT2D eigenvalue weighted by molar-refractivity contribution is 6.42. The van der Waals surface area contributed by atoms with Gasteiger partial charge in [0, 0.05) is 11.6 Å². The molecule has 0 spiro atoms. The Labute approximate surface area is 147 Å². The van der Waals surface area contributed by atoms with Crippen LogP contribution in [0, 0.1) is 19.8 Å². The Morgan fingerprint density at radius 1 is 1.00 bits per heavy atom. The molecule has 1 aliphatic heterocycles.